The van der Waals surface area contributed by atoms with Crippen molar-refractivity contribution in [3.05, 3.63) is 42.0 Å². The van der Waals surface area contributed by atoms with Crippen LogP contribution >= 0.6 is 0 Å². The number of nitrogens with two attached hydrogens (primary N) is 1. The van der Waals surface area contributed by atoms with Gasteiger partial charge in [-0.25, -0.2) is 15.8 Å². The van der Waals surface area contributed by atoms with Gasteiger partial charge in [-0.05, 0) is 18.6 Å². The lowest BCUT2D eigenvalue weighted by Gasteiger charge is -2.06. The Bertz CT molecular complexity index is 571. The number of hydrazine groups is 1. The molecule has 7 nitrogen and oxygen atoms in total. The number of hydrogen-bond donors (Lipinski definition) is 3. The van der Waals surface area contributed by atoms with Gasteiger partial charge in [0, 0.05) is 6.20 Å². The zero-order valence-corrected chi connectivity index (χ0v) is 9.71. The minimum atomic E-state index is -0.388. The van der Waals surface area contributed by atoms with Crippen molar-refractivity contribution in [1.82, 2.24) is 15.0 Å². The lowest BCUT2D eigenvalue weighted by molar-refractivity contribution is 0.102. The Hall–Kier alpha value is -2.54. The molecule has 7 heteroatoms. The van der Waals surface area contributed by atoms with Crippen LogP contribution in [0.3, 0.4) is 0 Å². The first-order valence-corrected chi connectivity index (χ1v) is 5.22. The van der Waals surface area contributed by atoms with Gasteiger partial charge in [-0.15, -0.1) is 0 Å². The zero-order chi connectivity index (χ0) is 13.0. The number of carbonyl (C=O) groups is 1. The van der Waals surface area contributed by atoms with Crippen molar-refractivity contribution in [2.24, 2.45) is 5.84 Å². The normalized spacial score (nSPS) is 9.89. The monoisotopic (exact) mass is 244 g/mol. The van der Waals surface area contributed by atoms with E-state index in [-0.39, 0.29) is 11.6 Å². The van der Waals surface area contributed by atoms with Crippen LogP contribution in [-0.2, 0) is 0 Å². The molecular weight excluding hydrogens is 232 g/mol. The largest absolute Gasteiger partial charge is 0.307 e. The van der Waals surface area contributed by atoms with Gasteiger partial charge in [0.05, 0.1) is 12.4 Å². The number of hydrogen-bond acceptors (Lipinski definition) is 6. The van der Waals surface area contributed by atoms with Gasteiger partial charge in [0.25, 0.3) is 5.91 Å². The Morgan fingerprint density at radius 2 is 2.22 bits per heavy atom. The molecule has 0 saturated carbocycles. The van der Waals surface area contributed by atoms with Gasteiger partial charge in [-0.1, -0.05) is 6.07 Å². The summed E-state index contributed by atoms with van der Waals surface area (Å²) < 4.78 is 0. The number of nitrogens with zero attached hydrogens (tertiary/aromatic N) is 3. The Kier molecular flexibility index (Phi) is 3.44. The molecule has 0 saturated heterocycles. The number of pyridine rings is 1. The lowest BCUT2D eigenvalue weighted by atomic mass is 10.3. The van der Waals surface area contributed by atoms with Crippen LogP contribution < -0.4 is 16.6 Å². The molecule has 0 radical (unpaired) electrons. The molecule has 1 amide bonds. The Morgan fingerprint density at radius 3 is 2.94 bits per heavy atom. The van der Waals surface area contributed by atoms with Crippen LogP contribution in [0.1, 0.15) is 16.1 Å². The summed E-state index contributed by atoms with van der Waals surface area (Å²) in [6.45, 7) is 1.85. The van der Waals surface area contributed by atoms with Crippen LogP contribution in [0.5, 0.6) is 0 Å². The van der Waals surface area contributed by atoms with Crippen LogP contribution in [0.25, 0.3) is 0 Å². The van der Waals surface area contributed by atoms with Gasteiger partial charge < -0.3 is 10.7 Å². The van der Waals surface area contributed by atoms with Gasteiger partial charge in [-0.3, -0.25) is 9.78 Å². The molecule has 4 N–H and O–H groups in total. The Morgan fingerprint density at radius 1 is 1.39 bits per heavy atom. The van der Waals surface area contributed by atoms with Crippen molar-refractivity contribution in [3.63, 3.8) is 0 Å². The number of anilines is 2. The first-order chi connectivity index (χ1) is 8.70. The summed E-state index contributed by atoms with van der Waals surface area (Å²) in [7, 11) is 0. The van der Waals surface area contributed by atoms with Crippen molar-refractivity contribution in [2.45, 2.75) is 6.92 Å². The van der Waals surface area contributed by atoms with Crippen LogP contribution in [0.4, 0.5) is 11.6 Å². The molecule has 0 unspecified atom stereocenters. The maximum Gasteiger partial charge on any atom is 0.277 e. The second-order valence-corrected chi connectivity index (χ2v) is 3.56. The number of rotatable bonds is 3. The standard InChI is InChI=1S/C11H12N6O/c1-7-3-2-4-14-10(7)16-11(18)8-5-13-6-9(15-8)17-12/h2-6H,12H2,1H3,(H,15,17)(H,14,16,18). The highest BCUT2D eigenvalue weighted by Crippen LogP contribution is 2.10. The van der Waals surface area contributed by atoms with E-state index in [0.717, 1.165) is 5.56 Å². The molecule has 0 atom stereocenters. The molecule has 2 aromatic rings. The van der Waals surface area contributed by atoms with Gasteiger partial charge in [0.15, 0.2) is 5.82 Å². The molecule has 0 bridgehead atoms. The molecule has 92 valence electrons. The van der Waals surface area contributed by atoms with Gasteiger partial charge in [-0.2, -0.15) is 0 Å². The Balaban J connectivity index is 2.19. The molecule has 0 aliphatic rings. The van der Waals surface area contributed by atoms with Gasteiger partial charge in [0.1, 0.15) is 11.5 Å². The molecule has 18 heavy (non-hydrogen) atoms. The third-order valence-corrected chi connectivity index (χ3v) is 2.26. The van der Waals surface area contributed by atoms with Crippen LogP contribution in [0.15, 0.2) is 30.7 Å². The number of carbonyl (C=O) groups excluding carboxylic acids is 1. The van der Waals surface area contributed by atoms with E-state index in [1.807, 2.05) is 13.0 Å². The van der Waals surface area contributed by atoms with Gasteiger partial charge >= 0.3 is 0 Å². The molecule has 0 spiro atoms. The summed E-state index contributed by atoms with van der Waals surface area (Å²) in [5, 5.41) is 2.66. The molecule has 2 aromatic heterocycles. The number of aromatic nitrogens is 3. The minimum Gasteiger partial charge on any atom is -0.307 e. The van der Waals surface area contributed by atoms with Gasteiger partial charge in [0.2, 0.25) is 0 Å². The van der Waals surface area contributed by atoms with E-state index >= 15 is 0 Å². The zero-order valence-electron chi connectivity index (χ0n) is 9.71. The van der Waals surface area contributed by atoms with Crippen molar-refractivity contribution >= 4 is 17.5 Å². The maximum absolute atomic E-state index is 11.9. The fourth-order valence-electron chi connectivity index (χ4n) is 1.33. The van der Waals surface area contributed by atoms with E-state index in [4.69, 9.17) is 5.84 Å². The van der Waals surface area contributed by atoms with Crippen molar-refractivity contribution < 1.29 is 4.79 Å². The molecule has 2 heterocycles. The van der Waals surface area contributed by atoms with Crippen molar-refractivity contribution in [3.8, 4) is 0 Å². The van der Waals surface area contributed by atoms with Crippen molar-refractivity contribution in [1.29, 1.82) is 0 Å². The topological polar surface area (TPSA) is 106 Å². The highest BCUT2D eigenvalue weighted by molar-refractivity contribution is 6.02. The SMILES string of the molecule is Cc1cccnc1NC(=O)c1cncc(NN)n1. The number of amides is 1. The molecule has 0 aliphatic carbocycles. The highest BCUT2D eigenvalue weighted by Gasteiger charge is 2.10. The summed E-state index contributed by atoms with van der Waals surface area (Å²) in [6, 6.07) is 3.65. The molecule has 0 aromatic carbocycles. The molecular formula is C11H12N6O. The quantitative estimate of drug-likeness (QED) is 0.542. The average molecular weight is 244 g/mol. The summed E-state index contributed by atoms with van der Waals surface area (Å²) in [5.74, 6) is 5.63. The van der Waals surface area contributed by atoms with E-state index in [9.17, 15) is 4.79 Å². The summed E-state index contributed by atoms with van der Waals surface area (Å²) in [5.41, 5.74) is 3.36. The third kappa shape index (κ3) is 2.58. The second-order valence-electron chi connectivity index (χ2n) is 3.56. The second kappa shape index (κ2) is 5.19. The maximum atomic E-state index is 11.9. The van der Waals surface area contributed by atoms with Crippen LogP contribution in [0, 0.1) is 6.92 Å². The van der Waals surface area contributed by atoms with Crippen LogP contribution in [-0.4, -0.2) is 20.9 Å². The van der Waals surface area contributed by atoms with Crippen molar-refractivity contribution in [2.75, 3.05) is 10.7 Å². The third-order valence-electron chi connectivity index (χ3n) is 2.26. The first kappa shape index (κ1) is 11.9. The smallest absolute Gasteiger partial charge is 0.277 e. The Labute approximate surface area is 103 Å². The summed E-state index contributed by atoms with van der Waals surface area (Å²) >= 11 is 0. The average Bonchev–Trinajstić information content (AvgIpc) is 2.41. The fraction of sp³-hybridized carbons (Fsp3) is 0.0909. The number of nitrogens with one attached hydrogen (secondary N) is 2. The molecule has 0 aliphatic heterocycles. The molecule has 0 fully saturated rings. The number of aryl methyl sites for hydroxylation is 1. The van der Waals surface area contributed by atoms with E-state index in [2.05, 4.69) is 25.7 Å². The minimum absolute atomic E-state index is 0.163. The predicted octanol–water partition coefficient (Wildman–Crippen LogP) is 0.718. The summed E-state index contributed by atoms with van der Waals surface area (Å²) in [4.78, 5) is 23.8. The molecule has 2 rings (SSSR count). The van der Waals surface area contributed by atoms with E-state index in [1.54, 1.807) is 12.3 Å². The van der Waals surface area contributed by atoms with E-state index < -0.39 is 0 Å². The van der Waals surface area contributed by atoms with E-state index in [0.29, 0.717) is 11.6 Å². The van der Waals surface area contributed by atoms with Crippen LogP contribution in [0.2, 0.25) is 0 Å². The predicted molar refractivity (Wildman–Crippen MR) is 66.8 cm³/mol. The van der Waals surface area contributed by atoms with E-state index in [1.165, 1.54) is 12.4 Å². The summed E-state index contributed by atoms with van der Waals surface area (Å²) in [6.07, 6.45) is 4.38. The lowest BCUT2D eigenvalue weighted by Crippen LogP contribution is -2.17. The fourth-order valence-corrected chi connectivity index (χ4v) is 1.33. The highest BCUT2D eigenvalue weighted by atomic mass is 16.1. The first-order valence-electron chi connectivity index (χ1n) is 5.22. The number of nitrogen functional groups attached to an aromatic ring is 1.